The van der Waals surface area contributed by atoms with Crippen molar-refractivity contribution >= 4 is 17.6 Å². The summed E-state index contributed by atoms with van der Waals surface area (Å²) in [6, 6.07) is 11.8. The van der Waals surface area contributed by atoms with Crippen LogP contribution in [0.3, 0.4) is 0 Å². The van der Waals surface area contributed by atoms with Crippen molar-refractivity contribution in [2.75, 3.05) is 4.90 Å². The number of anilines is 1. The summed E-state index contributed by atoms with van der Waals surface area (Å²) in [6.07, 6.45) is 8.81. The van der Waals surface area contributed by atoms with Crippen molar-refractivity contribution in [1.29, 1.82) is 0 Å². The zero-order chi connectivity index (χ0) is 18.7. The van der Waals surface area contributed by atoms with Crippen LogP contribution >= 0.6 is 0 Å². The summed E-state index contributed by atoms with van der Waals surface area (Å²) in [7, 11) is 0. The van der Waals surface area contributed by atoms with Crippen molar-refractivity contribution in [2.24, 2.45) is 21.5 Å². The van der Waals surface area contributed by atoms with Gasteiger partial charge in [-0.3, -0.25) is 9.88 Å². The Labute approximate surface area is 158 Å². The van der Waals surface area contributed by atoms with Crippen molar-refractivity contribution in [3.63, 3.8) is 0 Å². The monoisotopic (exact) mass is 364 g/mol. The Morgan fingerprint density at radius 3 is 2.52 bits per heavy atom. The molecule has 7 nitrogen and oxygen atoms in total. The van der Waals surface area contributed by atoms with Crippen LogP contribution in [-0.4, -0.2) is 22.6 Å². The van der Waals surface area contributed by atoms with Gasteiger partial charge in [0.05, 0.1) is 0 Å². The predicted molar refractivity (Wildman–Crippen MR) is 107 cm³/mol. The molecule has 0 atom stereocenters. The van der Waals surface area contributed by atoms with Gasteiger partial charge in [0, 0.05) is 23.6 Å². The number of nitrogens with zero attached hydrogens (tertiary/aromatic N) is 4. The van der Waals surface area contributed by atoms with Gasteiger partial charge in [-0.1, -0.05) is 12.5 Å². The van der Waals surface area contributed by atoms with E-state index in [4.69, 9.17) is 21.2 Å². The molecule has 1 aromatic heterocycles. The van der Waals surface area contributed by atoms with Gasteiger partial charge in [0.15, 0.2) is 0 Å². The van der Waals surface area contributed by atoms with Gasteiger partial charge < -0.3 is 16.2 Å². The second-order valence-electron chi connectivity index (χ2n) is 6.96. The summed E-state index contributed by atoms with van der Waals surface area (Å²) in [4.78, 5) is 15.0. The van der Waals surface area contributed by atoms with E-state index >= 15 is 0 Å². The highest BCUT2D eigenvalue weighted by atomic mass is 16.5. The molecule has 0 saturated heterocycles. The standard InChI is InChI=1S/C20H24N6O/c21-18-24-19(22)26(20(25-18)10-2-1-3-11-20)16-6-8-17(9-7-16)27-14-15-5-4-12-23-13-15/h4-9,12-13H,1-3,10-11,14H2,(H4,21,22,24,25). The highest BCUT2D eigenvalue weighted by molar-refractivity contribution is 6.05. The number of rotatable bonds is 4. The van der Waals surface area contributed by atoms with Crippen LogP contribution in [0.25, 0.3) is 0 Å². The molecule has 4 rings (SSSR count). The SMILES string of the molecule is NC1=NC2(CCCCC2)N(c2ccc(OCc3cccnc3)cc2)C(N)=N1. The van der Waals surface area contributed by atoms with E-state index in [1.54, 1.807) is 12.4 Å². The Morgan fingerprint density at radius 1 is 1.04 bits per heavy atom. The first-order valence-electron chi connectivity index (χ1n) is 9.28. The van der Waals surface area contributed by atoms with Gasteiger partial charge in [-0.15, -0.1) is 0 Å². The highest BCUT2D eigenvalue weighted by Crippen LogP contribution is 2.39. The van der Waals surface area contributed by atoms with Gasteiger partial charge in [0.2, 0.25) is 11.9 Å². The van der Waals surface area contributed by atoms with Gasteiger partial charge in [-0.2, -0.15) is 4.99 Å². The summed E-state index contributed by atoms with van der Waals surface area (Å²) in [5.41, 5.74) is 13.7. The number of nitrogens with two attached hydrogens (primary N) is 2. The van der Waals surface area contributed by atoms with Crippen LogP contribution < -0.4 is 21.1 Å². The Bertz CT molecular complexity index is 841. The first-order chi connectivity index (χ1) is 13.2. The average Bonchev–Trinajstić information content (AvgIpc) is 2.68. The van der Waals surface area contributed by atoms with E-state index in [1.165, 1.54) is 6.42 Å². The molecule has 0 radical (unpaired) electrons. The zero-order valence-electron chi connectivity index (χ0n) is 15.2. The fraction of sp³-hybridized carbons (Fsp3) is 0.350. The second-order valence-corrected chi connectivity index (χ2v) is 6.96. The quantitative estimate of drug-likeness (QED) is 0.868. The van der Waals surface area contributed by atoms with E-state index in [-0.39, 0.29) is 5.96 Å². The molecule has 2 heterocycles. The molecule has 2 aliphatic rings. The zero-order valence-corrected chi connectivity index (χ0v) is 15.2. The van der Waals surface area contributed by atoms with Crippen LogP contribution in [0.15, 0.2) is 58.8 Å². The molecule has 1 aliphatic heterocycles. The van der Waals surface area contributed by atoms with E-state index in [9.17, 15) is 0 Å². The van der Waals surface area contributed by atoms with Crippen LogP contribution in [0.5, 0.6) is 5.75 Å². The maximum Gasteiger partial charge on any atom is 0.220 e. The lowest BCUT2D eigenvalue weighted by atomic mass is 9.87. The van der Waals surface area contributed by atoms with Crippen LogP contribution in [0.4, 0.5) is 5.69 Å². The maximum absolute atomic E-state index is 6.26. The molecule has 2 aromatic rings. The van der Waals surface area contributed by atoms with E-state index in [0.29, 0.717) is 12.6 Å². The van der Waals surface area contributed by atoms with Gasteiger partial charge in [0.1, 0.15) is 18.0 Å². The lowest BCUT2D eigenvalue weighted by Gasteiger charge is -2.45. The second kappa shape index (κ2) is 7.26. The van der Waals surface area contributed by atoms with E-state index in [0.717, 1.165) is 42.7 Å². The number of hydrogen-bond donors (Lipinski definition) is 2. The molecule has 1 fully saturated rings. The number of benzene rings is 1. The summed E-state index contributed by atoms with van der Waals surface area (Å²) < 4.78 is 5.85. The lowest BCUT2D eigenvalue weighted by Crippen LogP contribution is -2.58. The molecule has 27 heavy (non-hydrogen) atoms. The minimum absolute atomic E-state index is 0.266. The Hall–Kier alpha value is -3.09. The Balaban J connectivity index is 1.54. The summed E-state index contributed by atoms with van der Waals surface area (Å²) >= 11 is 0. The average molecular weight is 364 g/mol. The highest BCUT2D eigenvalue weighted by Gasteiger charge is 2.42. The molecule has 1 saturated carbocycles. The largest absolute Gasteiger partial charge is 0.489 e. The van der Waals surface area contributed by atoms with Crippen LogP contribution in [0.1, 0.15) is 37.7 Å². The number of aromatic nitrogens is 1. The van der Waals surface area contributed by atoms with Crippen molar-refractivity contribution in [3.8, 4) is 5.75 Å². The lowest BCUT2D eigenvalue weighted by molar-refractivity contribution is 0.303. The van der Waals surface area contributed by atoms with Gasteiger partial charge in [-0.25, -0.2) is 4.99 Å². The smallest absolute Gasteiger partial charge is 0.220 e. The predicted octanol–water partition coefficient (Wildman–Crippen LogP) is 2.77. The number of ether oxygens (including phenoxy) is 1. The minimum atomic E-state index is -0.424. The molecule has 1 spiro atoms. The van der Waals surface area contributed by atoms with Gasteiger partial charge in [0.25, 0.3) is 0 Å². The summed E-state index contributed by atoms with van der Waals surface area (Å²) in [5, 5.41) is 0. The topological polar surface area (TPSA) is 102 Å². The van der Waals surface area contributed by atoms with Gasteiger partial charge in [-0.05, 0) is 56.0 Å². The molecule has 0 amide bonds. The van der Waals surface area contributed by atoms with Gasteiger partial charge >= 0.3 is 0 Å². The first kappa shape index (κ1) is 17.3. The van der Waals surface area contributed by atoms with Crippen molar-refractivity contribution < 1.29 is 4.74 Å². The molecular weight excluding hydrogens is 340 g/mol. The van der Waals surface area contributed by atoms with Crippen LogP contribution in [0, 0.1) is 0 Å². The number of guanidine groups is 2. The van der Waals surface area contributed by atoms with Crippen molar-refractivity contribution in [2.45, 2.75) is 44.4 Å². The first-order valence-corrected chi connectivity index (χ1v) is 9.28. The fourth-order valence-corrected chi connectivity index (χ4v) is 3.84. The molecular formula is C20H24N6O. The number of aliphatic imine (C=N–C) groups is 2. The normalized spacial score (nSPS) is 18.7. The van der Waals surface area contributed by atoms with Crippen LogP contribution in [0.2, 0.25) is 0 Å². The molecule has 7 heteroatoms. The van der Waals surface area contributed by atoms with E-state index < -0.39 is 5.66 Å². The number of pyridine rings is 1. The molecule has 1 aliphatic carbocycles. The van der Waals surface area contributed by atoms with E-state index in [2.05, 4.69) is 9.98 Å². The molecule has 4 N–H and O–H groups in total. The van der Waals surface area contributed by atoms with Crippen LogP contribution in [-0.2, 0) is 6.61 Å². The van der Waals surface area contributed by atoms with E-state index in [1.807, 2.05) is 41.3 Å². The molecule has 1 aromatic carbocycles. The van der Waals surface area contributed by atoms with Crippen molar-refractivity contribution in [1.82, 2.24) is 4.98 Å². The Kier molecular flexibility index (Phi) is 4.66. The van der Waals surface area contributed by atoms with Crippen molar-refractivity contribution in [3.05, 3.63) is 54.4 Å². The third-order valence-corrected chi connectivity index (χ3v) is 5.07. The molecule has 140 valence electrons. The number of hydrogen-bond acceptors (Lipinski definition) is 7. The third-order valence-electron chi connectivity index (χ3n) is 5.07. The fourth-order valence-electron chi connectivity index (χ4n) is 3.84. The summed E-state index contributed by atoms with van der Waals surface area (Å²) in [5.74, 6) is 1.45. The minimum Gasteiger partial charge on any atom is -0.489 e. The molecule has 0 unspecified atom stereocenters. The Morgan fingerprint density at radius 2 is 1.81 bits per heavy atom. The maximum atomic E-state index is 6.26. The molecule has 0 bridgehead atoms. The summed E-state index contributed by atoms with van der Waals surface area (Å²) in [6.45, 7) is 0.477. The third kappa shape index (κ3) is 3.58.